The number of halogens is 5. The molecule has 1 aliphatic heterocycles. The van der Waals surface area contributed by atoms with Gasteiger partial charge < -0.3 is 15.5 Å². The van der Waals surface area contributed by atoms with Crippen LogP contribution in [-0.2, 0) is 6.18 Å². The first-order chi connectivity index (χ1) is 17.7. The average molecular weight is 546 g/mol. The highest BCUT2D eigenvalue weighted by Gasteiger charge is 2.35. The number of urea groups is 1. The van der Waals surface area contributed by atoms with Gasteiger partial charge in [-0.1, -0.05) is 24.3 Å². The predicted octanol–water partition coefficient (Wildman–Crippen LogP) is 6.29. The van der Waals surface area contributed by atoms with Crippen LogP contribution in [0.2, 0.25) is 0 Å². The third-order valence-electron chi connectivity index (χ3n) is 6.46. The maximum Gasteiger partial charge on any atom is 0.416 e. The van der Waals surface area contributed by atoms with Gasteiger partial charge in [0, 0.05) is 48.1 Å². The number of nitrogens with one attached hydrogen (secondary N) is 2. The van der Waals surface area contributed by atoms with E-state index in [1.165, 1.54) is 25.1 Å². The monoisotopic (exact) mass is 545 g/mol. The highest BCUT2D eigenvalue weighted by molar-refractivity contribution is 6.05. The maximum atomic E-state index is 13.9. The SMILES string of the molecule is Cc1c(C(F)(F)F)ccc(NC(=O)N2CCNCC2)c1-c1nnc(-c2ccc(F)cc2)c2ccccc12.Cl. The molecule has 4 aromatic rings. The molecule has 0 unspecified atom stereocenters. The molecule has 1 aromatic heterocycles. The zero-order chi connectivity index (χ0) is 26.2. The van der Waals surface area contributed by atoms with Crippen molar-refractivity contribution < 1.29 is 22.4 Å². The van der Waals surface area contributed by atoms with Gasteiger partial charge in [-0.15, -0.1) is 22.6 Å². The summed E-state index contributed by atoms with van der Waals surface area (Å²) in [5.41, 5.74) is 0.757. The van der Waals surface area contributed by atoms with Crippen molar-refractivity contribution in [2.75, 3.05) is 31.5 Å². The van der Waals surface area contributed by atoms with Crippen molar-refractivity contribution in [1.29, 1.82) is 0 Å². The molecule has 0 bridgehead atoms. The fourth-order valence-electron chi connectivity index (χ4n) is 4.60. The Labute approximate surface area is 222 Å². The molecule has 198 valence electrons. The molecule has 0 radical (unpaired) electrons. The molecule has 5 rings (SSSR count). The van der Waals surface area contributed by atoms with Crippen LogP contribution in [0.15, 0.2) is 60.7 Å². The Kier molecular flexibility index (Phi) is 7.84. The van der Waals surface area contributed by atoms with E-state index in [0.29, 0.717) is 48.2 Å². The van der Waals surface area contributed by atoms with Crippen molar-refractivity contribution in [3.05, 3.63) is 77.6 Å². The van der Waals surface area contributed by atoms with Gasteiger partial charge in [0.1, 0.15) is 17.2 Å². The van der Waals surface area contributed by atoms with Crippen LogP contribution in [0.1, 0.15) is 11.1 Å². The number of hydrogen-bond donors (Lipinski definition) is 2. The molecular weight excluding hydrogens is 522 g/mol. The van der Waals surface area contributed by atoms with Crippen LogP contribution in [0.4, 0.5) is 28.0 Å². The van der Waals surface area contributed by atoms with Gasteiger partial charge in [0.15, 0.2) is 0 Å². The largest absolute Gasteiger partial charge is 0.416 e. The minimum atomic E-state index is -4.60. The summed E-state index contributed by atoms with van der Waals surface area (Å²) in [6, 6.07) is 14.6. The van der Waals surface area contributed by atoms with E-state index in [1.807, 2.05) is 0 Å². The first kappa shape index (κ1) is 27.3. The number of nitrogens with zero attached hydrogens (tertiary/aromatic N) is 3. The highest BCUT2D eigenvalue weighted by atomic mass is 35.5. The second-order valence-electron chi connectivity index (χ2n) is 8.78. The standard InChI is InChI=1S/C27H23F4N5O.ClH/c1-16-21(27(29,30)31)10-11-22(33-26(37)36-14-12-32-13-15-36)23(16)25-20-5-3-2-4-19(20)24(34-35-25)17-6-8-18(28)9-7-17;/h2-11,32H,12-15H2,1H3,(H,33,37);1H. The summed E-state index contributed by atoms with van der Waals surface area (Å²) in [6.07, 6.45) is -4.60. The fraction of sp³-hybridized carbons (Fsp3) is 0.222. The summed E-state index contributed by atoms with van der Waals surface area (Å²) in [5, 5.41) is 15.8. The third-order valence-corrected chi connectivity index (χ3v) is 6.46. The summed E-state index contributed by atoms with van der Waals surface area (Å²) in [7, 11) is 0. The Balaban J connectivity index is 0.00000336. The van der Waals surface area contributed by atoms with Gasteiger partial charge in [0.2, 0.25) is 0 Å². The minimum absolute atomic E-state index is 0. The highest BCUT2D eigenvalue weighted by Crippen LogP contribution is 2.42. The van der Waals surface area contributed by atoms with E-state index in [1.54, 1.807) is 41.3 Å². The van der Waals surface area contributed by atoms with Gasteiger partial charge in [0.05, 0.1) is 11.3 Å². The number of amides is 2. The normalized spacial score (nSPS) is 13.8. The van der Waals surface area contributed by atoms with Crippen LogP contribution in [0.3, 0.4) is 0 Å². The quantitative estimate of drug-likeness (QED) is 0.297. The number of anilines is 1. The van der Waals surface area contributed by atoms with Crippen LogP contribution >= 0.6 is 12.4 Å². The van der Waals surface area contributed by atoms with E-state index in [2.05, 4.69) is 20.8 Å². The van der Waals surface area contributed by atoms with Gasteiger partial charge in [0.25, 0.3) is 0 Å². The summed E-state index contributed by atoms with van der Waals surface area (Å²) in [6.45, 7) is 3.59. The lowest BCUT2D eigenvalue weighted by atomic mass is 9.93. The Morgan fingerprint density at radius 3 is 2.16 bits per heavy atom. The first-order valence-corrected chi connectivity index (χ1v) is 11.7. The molecule has 0 spiro atoms. The van der Waals surface area contributed by atoms with Gasteiger partial charge in [-0.3, -0.25) is 0 Å². The van der Waals surface area contributed by atoms with E-state index < -0.39 is 23.6 Å². The summed E-state index contributed by atoms with van der Waals surface area (Å²) in [4.78, 5) is 14.6. The van der Waals surface area contributed by atoms with Crippen molar-refractivity contribution in [3.8, 4) is 22.5 Å². The van der Waals surface area contributed by atoms with Crippen LogP contribution in [0.25, 0.3) is 33.3 Å². The number of hydrogen-bond acceptors (Lipinski definition) is 4. The first-order valence-electron chi connectivity index (χ1n) is 11.7. The number of fused-ring (bicyclic) bond motifs is 1. The molecule has 0 atom stereocenters. The smallest absolute Gasteiger partial charge is 0.322 e. The van der Waals surface area contributed by atoms with Crippen molar-refractivity contribution in [2.45, 2.75) is 13.1 Å². The predicted molar refractivity (Wildman–Crippen MR) is 141 cm³/mol. The van der Waals surface area contributed by atoms with E-state index in [4.69, 9.17) is 0 Å². The van der Waals surface area contributed by atoms with E-state index in [0.717, 1.165) is 6.07 Å². The van der Waals surface area contributed by atoms with Crippen molar-refractivity contribution in [3.63, 3.8) is 0 Å². The van der Waals surface area contributed by atoms with Crippen LogP contribution in [0.5, 0.6) is 0 Å². The van der Waals surface area contributed by atoms with E-state index >= 15 is 0 Å². The fourth-order valence-corrected chi connectivity index (χ4v) is 4.60. The molecule has 38 heavy (non-hydrogen) atoms. The lowest BCUT2D eigenvalue weighted by Gasteiger charge is -2.28. The lowest BCUT2D eigenvalue weighted by molar-refractivity contribution is -0.138. The van der Waals surface area contributed by atoms with Crippen LogP contribution in [-0.4, -0.2) is 47.3 Å². The molecule has 2 N–H and O–H groups in total. The number of rotatable bonds is 3. The Morgan fingerprint density at radius 1 is 0.921 bits per heavy atom. The Morgan fingerprint density at radius 2 is 1.53 bits per heavy atom. The summed E-state index contributed by atoms with van der Waals surface area (Å²) >= 11 is 0. The number of alkyl halides is 3. The molecule has 1 aliphatic rings. The molecular formula is C27H24ClF4N5O. The van der Waals surface area contributed by atoms with E-state index in [-0.39, 0.29) is 34.9 Å². The Bertz CT molecular complexity index is 1470. The van der Waals surface area contributed by atoms with Crippen molar-refractivity contribution in [2.24, 2.45) is 0 Å². The molecule has 11 heteroatoms. The van der Waals surface area contributed by atoms with Crippen molar-refractivity contribution in [1.82, 2.24) is 20.4 Å². The number of carbonyl (C=O) groups excluding carboxylic acids is 1. The number of carbonyl (C=O) groups is 1. The number of aromatic nitrogens is 2. The van der Waals surface area contributed by atoms with Gasteiger partial charge >= 0.3 is 12.2 Å². The van der Waals surface area contributed by atoms with Gasteiger partial charge in [-0.2, -0.15) is 13.2 Å². The topological polar surface area (TPSA) is 70.2 Å². The molecule has 3 aromatic carbocycles. The molecule has 0 saturated carbocycles. The van der Waals surface area contributed by atoms with Gasteiger partial charge in [-0.25, -0.2) is 9.18 Å². The molecule has 2 heterocycles. The molecule has 2 amide bonds. The third kappa shape index (κ3) is 5.27. The minimum Gasteiger partial charge on any atom is -0.322 e. The molecule has 0 aliphatic carbocycles. The Hall–Kier alpha value is -3.76. The zero-order valence-electron chi connectivity index (χ0n) is 20.3. The zero-order valence-corrected chi connectivity index (χ0v) is 21.1. The second-order valence-corrected chi connectivity index (χ2v) is 8.78. The van der Waals surface area contributed by atoms with E-state index in [9.17, 15) is 22.4 Å². The summed E-state index contributed by atoms with van der Waals surface area (Å²) < 4.78 is 55.2. The number of benzene rings is 3. The number of piperazine rings is 1. The molecule has 1 fully saturated rings. The molecule has 1 saturated heterocycles. The van der Waals surface area contributed by atoms with Crippen LogP contribution in [0, 0.1) is 12.7 Å². The lowest BCUT2D eigenvalue weighted by Crippen LogP contribution is -2.48. The average Bonchev–Trinajstić information content (AvgIpc) is 2.89. The second kappa shape index (κ2) is 10.9. The summed E-state index contributed by atoms with van der Waals surface area (Å²) in [5.74, 6) is -0.401. The maximum absolute atomic E-state index is 13.9. The van der Waals surface area contributed by atoms with Gasteiger partial charge in [-0.05, 0) is 48.9 Å². The van der Waals surface area contributed by atoms with Crippen LogP contribution < -0.4 is 10.6 Å². The van der Waals surface area contributed by atoms with Crippen molar-refractivity contribution >= 4 is 34.9 Å². The molecule has 6 nitrogen and oxygen atoms in total.